The molecule has 0 saturated carbocycles. The van der Waals surface area contributed by atoms with Crippen LogP contribution in [0.25, 0.3) is 0 Å². The molecule has 0 fully saturated rings. The van der Waals surface area contributed by atoms with E-state index in [0.29, 0.717) is 21.7 Å². The molecule has 5 heavy (non-hydrogen) atoms. The minimum atomic E-state index is 0. The molecule has 0 aromatic heterocycles. The molecule has 1 nitrogen and oxygen atoms in total. The van der Waals surface area contributed by atoms with Crippen LogP contribution in [0.15, 0.2) is 0 Å². The van der Waals surface area contributed by atoms with E-state index in [4.69, 9.17) is 3.17 Å². The van der Waals surface area contributed by atoms with Crippen molar-refractivity contribution in [1.82, 2.24) is 0 Å². The molecule has 0 radical (unpaired) electrons. The van der Waals surface area contributed by atoms with Crippen LogP contribution in [-0.2, 0) is 3.17 Å². The Balaban J connectivity index is -0.00000000167. The van der Waals surface area contributed by atoms with E-state index >= 15 is 0 Å². The number of rotatable bonds is 0. The molecule has 0 heterocycles. The SMILES string of the molecule is [Cl-].[Cl-].[Mg+2].[O]=[Mg]. The zero-order chi connectivity index (χ0) is 2.00. The van der Waals surface area contributed by atoms with Gasteiger partial charge in [-0.05, 0) is 0 Å². The molecule has 5 heteroatoms. The quantitative estimate of drug-likeness (QED) is 0.302. The summed E-state index contributed by atoms with van der Waals surface area (Å²) in [7, 11) is 0. The van der Waals surface area contributed by atoms with E-state index in [9.17, 15) is 0 Å². The molecule has 0 aliphatic carbocycles. The number of halogens is 2. The zero-order valence-corrected chi connectivity index (χ0v) is 6.92. The predicted molar refractivity (Wildman–Crippen MR) is 12.2 cm³/mol. The van der Waals surface area contributed by atoms with Gasteiger partial charge in [-0.2, -0.15) is 0 Å². The van der Waals surface area contributed by atoms with E-state index in [2.05, 4.69) is 0 Å². The summed E-state index contributed by atoms with van der Waals surface area (Å²) in [6.45, 7) is 0. The fourth-order valence-corrected chi connectivity index (χ4v) is 0. The Hall–Kier alpha value is 1.91. The van der Waals surface area contributed by atoms with Crippen molar-refractivity contribution in [2.75, 3.05) is 0 Å². The molecule has 24 valence electrons. The van der Waals surface area contributed by atoms with Crippen molar-refractivity contribution in [1.29, 1.82) is 0 Å². The fourth-order valence-electron chi connectivity index (χ4n) is 0. The zero-order valence-electron chi connectivity index (χ0n) is 2.58. The topological polar surface area (TPSA) is 17.1 Å². The molecule has 0 unspecified atom stereocenters. The van der Waals surface area contributed by atoms with Crippen molar-refractivity contribution >= 4 is 44.7 Å². The third-order valence-corrected chi connectivity index (χ3v) is 0. The van der Waals surface area contributed by atoms with Crippen LogP contribution >= 0.6 is 0 Å². The van der Waals surface area contributed by atoms with Gasteiger partial charge in [0, 0.05) is 0 Å². The monoisotopic (exact) mass is 134 g/mol. The summed E-state index contributed by atoms with van der Waals surface area (Å²) >= 11 is 0.611. The summed E-state index contributed by atoms with van der Waals surface area (Å²) in [4.78, 5) is 0. The van der Waals surface area contributed by atoms with Crippen LogP contribution in [0.5, 0.6) is 0 Å². The summed E-state index contributed by atoms with van der Waals surface area (Å²) in [5.74, 6) is 0. The van der Waals surface area contributed by atoms with Gasteiger partial charge in [0.05, 0.1) is 0 Å². The number of hydrogen-bond donors (Lipinski definition) is 0. The van der Waals surface area contributed by atoms with Crippen molar-refractivity contribution in [3.05, 3.63) is 0 Å². The third kappa shape index (κ3) is 24.7. The van der Waals surface area contributed by atoms with Crippen LogP contribution in [0.3, 0.4) is 0 Å². The van der Waals surface area contributed by atoms with Crippen molar-refractivity contribution in [2.45, 2.75) is 0 Å². The molecular weight excluding hydrogens is 136 g/mol. The van der Waals surface area contributed by atoms with Crippen LogP contribution in [0.1, 0.15) is 0 Å². The second-order valence-corrected chi connectivity index (χ2v) is 0. The van der Waals surface area contributed by atoms with Gasteiger partial charge in [0.15, 0.2) is 0 Å². The van der Waals surface area contributed by atoms with Crippen LogP contribution in [0.2, 0.25) is 0 Å². The van der Waals surface area contributed by atoms with Crippen LogP contribution < -0.4 is 24.8 Å². The van der Waals surface area contributed by atoms with Crippen molar-refractivity contribution in [3.8, 4) is 0 Å². The molecule has 0 N–H and O–H groups in total. The summed E-state index contributed by atoms with van der Waals surface area (Å²) in [6.07, 6.45) is 0. The Morgan fingerprint density at radius 3 is 1.00 bits per heavy atom. The standard InChI is InChI=1S/2ClH.2Mg.O/h2*1H;;;/q;;;+2;/p-2. The van der Waals surface area contributed by atoms with Crippen LogP contribution in [-0.4, -0.2) is 44.7 Å². The molecule has 0 bridgehead atoms. The van der Waals surface area contributed by atoms with Crippen LogP contribution in [0, 0.1) is 0 Å². The summed E-state index contributed by atoms with van der Waals surface area (Å²) in [5, 5.41) is 0. The third-order valence-electron chi connectivity index (χ3n) is 0. The summed E-state index contributed by atoms with van der Waals surface area (Å²) in [5.41, 5.74) is 0. The van der Waals surface area contributed by atoms with Gasteiger partial charge < -0.3 is 24.8 Å². The fraction of sp³-hybridized carbons (Fsp3) is 0. The normalized spacial score (nSPS) is 1.20. The van der Waals surface area contributed by atoms with E-state index in [0.717, 1.165) is 0 Å². The molecule has 0 aromatic rings. The van der Waals surface area contributed by atoms with E-state index < -0.39 is 0 Å². The van der Waals surface area contributed by atoms with E-state index in [1.807, 2.05) is 0 Å². The van der Waals surface area contributed by atoms with E-state index in [1.54, 1.807) is 0 Å². The second kappa shape index (κ2) is 39.0. The van der Waals surface area contributed by atoms with E-state index in [1.165, 1.54) is 0 Å². The molecule has 0 rings (SSSR count). The Labute approximate surface area is 72.0 Å². The van der Waals surface area contributed by atoms with Gasteiger partial charge in [-0.15, -0.1) is 0 Å². The van der Waals surface area contributed by atoms with Gasteiger partial charge in [-0.3, -0.25) is 0 Å². The average molecular weight is 136 g/mol. The Kier molecular flexibility index (Phi) is 222. The first-order chi connectivity index (χ1) is 1.00. The van der Waals surface area contributed by atoms with Gasteiger partial charge in [-0.25, -0.2) is 0 Å². The predicted octanol–water partition coefficient (Wildman–Crippen LogP) is -6.87. The first-order valence-corrected chi connectivity index (χ1v) is 0.866. The maximum atomic E-state index is 8.28. The molecule has 0 aliphatic rings. The first kappa shape index (κ1) is 28.5. The first-order valence-electron chi connectivity index (χ1n) is 0.289. The molecule has 0 amide bonds. The van der Waals surface area contributed by atoms with Crippen molar-refractivity contribution < 1.29 is 28.0 Å². The van der Waals surface area contributed by atoms with Gasteiger partial charge >= 0.3 is 47.9 Å². The molecular formula is Cl2Mg2O. The van der Waals surface area contributed by atoms with Gasteiger partial charge in [0.1, 0.15) is 0 Å². The van der Waals surface area contributed by atoms with Gasteiger partial charge in [0.25, 0.3) is 0 Å². The molecule has 0 saturated heterocycles. The van der Waals surface area contributed by atoms with Crippen LogP contribution in [0.4, 0.5) is 0 Å². The number of hydrogen-bond acceptors (Lipinski definition) is 1. The molecule has 0 aliphatic heterocycles. The second-order valence-electron chi connectivity index (χ2n) is 0. The Bertz CT molecular complexity index is 7.61. The van der Waals surface area contributed by atoms with Gasteiger partial charge in [0.2, 0.25) is 0 Å². The molecule has 0 atom stereocenters. The Morgan fingerprint density at radius 2 is 1.00 bits per heavy atom. The van der Waals surface area contributed by atoms with Gasteiger partial charge in [-0.1, -0.05) is 0 Å². The maximum absolute atomic E-state index is 8.28. The minimum absolute atomic E-state index is 0. The summed E-state index contributed by atoms with van der Waals surface area (Å²) < 4.78 is 8.28. The van der Waals surface area contributed by atoms with Crippen molar-refractivity contribution in [2.24, 2.45) is 0 Å². The Morgan fingerprint density at radius 1 is 1.00 bits per heavy atom. The van der Waals surface area contributed by atoms with E-state index in [-0.39, 0.29) is 47.9 Å². The summed E-state index contributed by atoms with van der Waals surface area (Å²) in [6, 6.07) is 0. The molecule has 0 spiro atoms. The van der Waals surface area contributed by atoms with Crippen molar-refractivity contribution in [3.63, 3.8) is 0 Å². The molecule has 0 aromatic carbocycles. The average Bonchev–Trinajstić information content (AvgIpc) is 1.00.